The van der Waals surface area contributed by atoms with Crippen molar-refractivity contribution in [2.75, 3.05) is 7.11 Å². The summed E-state index contributed by atoms with van der Waals surface area (Å²) >= 11 is 5.79. The Kier molecular flexibility index (Phi) is 5.74. The molecular formula is C17H15ClN2O2. The molecular weight excluding hydrogens is 300 g/mol. The Bertz CT molecular complexity index is 694. The van der Waals surface area contributed by atoms with E-state index in [0.29, 0.717) is 5.02 Å². The van der Waals surface area contributed by atoms with Gasteiger partial charge in [-0.05, 0) is 41.5 Å². The van der Waals surface area contributed by atoms with Gasteiger partial charge in [0.05, 0.1) is 13.3 Å². The number of carbonyl (C=O) groups is 1. The van der Waals surface area contributed by atoms with Gasteiger partial charge in [-0.3, -0.25) is 4.79 Å². The smallest absolute Gasteiger partial charge is 0.264 e. The summed E-state index contributed by atoms with van der Waals surface area (Å²) in [6.07, 6.45) is 4.65. The highest BCUT2D eigenvalue weighted by Crippen LogP contribution is 2.11. The first-order valence-electron chi connectivity index (χ1n) is 6.58. The molecule has 2 rings (SSSR count). The van der Waals surface area contributed by atoms with Gasteiger partial charge in [0.2, 0.25) is 0 Å². The van der Waals surface area contributed by atoms with E-state index in [1.165, 1.54) is 6.08 Å². The van der Waals surface area contributed by atoms with Crippen molar-refractivity contribution in [3.8, 4) is 5.75 Å². The first-order chi connectivity index (χ1) is 10.7. The van der Waals surface area contributed by atoms with Crippen molar-refractivity contribution >= 4 is 29.8 Å². The van der Waals surface area contributed by atoms with Crippen LogP contribution in [0.5, 0.6) is 5.75 Å². The number of ether oxygens (including phenoxy) is 1. The lowest BCUT2D eigenvalue weighted by Gasteiger charge is -1.99. The second kappa shape index (κ2) is 8.00. The largest absolute Gasteiger partial charge is 0.497 e. The number of carbonyl (C=O) groups excluding carboxylic acids is 1. The van der Waals surface area contributed by atoms with E-state index >= 15 is 0 Å². The molecule has 0 atom stereocenters. The highest BCUT2D eigenvalue weighted by atomic mass is 35.5. The summed E-state index contributed by atoms with van der Waals surface area (Å²) in [6.45, 7) is 0. The molecule has 2 aromatic rings. The Morgan fingerprint density at radius 1 is 1.18 bits per heavy atom. The van der Waals surface area contributed by atoms with Gasteiger partial charge >= 0.3 is 0 Å². The zero-order chi connectivity index (χ0) is 15.8. The third-order valence-corrected chi connectivity index (χ3v) is 3.03. The van der Waals surface area contributed by atoms with Gasteiger partial charge in [0.25, 0.3) is 5.91 Å². The van der Waals surface area contributed by atoms with Crippen LogP contribution < -0.4 is 10.2 Å². The molecule has 112 valence electrons. The average Bonchev–Trinajstić information content (AvgIpc) is 2.54. The number of rotatable bonds is 5. The summed E-state index contributed by atoms with van der Waals surface area (Å²) in [5.74, 6) is 0.423. The predicted molar refractivity (Wildman–Crippen MR) is 89.2 cm³/mol. The highest BCUT2D eigenvalue weighted by molar-refractivity contribution is 6.30. The molecule has 0 bridgehead atoms. The maximum absolute atomic E-state index is 11.6. The number of nitrogens with zero attached hydrogens (tertiary/aromatic N) is 1. The molecule has 0 aliphatic heterocycles. The zero-order valence-electron chi connectivity index (χ0n) is 12.0. The SMILES string of the molecule is COc1cccc(/C=N\NC(=O)/C=C/c2ccc(Cl)cc2)c1. The summed E-state index contributed by atoms with van der Waals surface area (Å²) in [5, 5.41) is 4.55. The molecule has 0 saturated carbocycles. The molecule has 0 radical (unpaired) electrons. The molecule has 0 unspecified atom stereocenters. The summed E-state index contributed by atoms with van der Waals surface area (Å²) in [6, 6.07) is 14.5. The number of amides is 1. The Morgan fingerprint density at radius 2 is 1.95 bits per heavy atom. The average molecular weight is 315 g/mol. The Morgan fingerprint density at radius 3 is 2.68 bits per heavy atom. The number of methoxy groups -OCH3 is 1. The second-order valence-corrected chi connectivity index (χ2v) is 4.83. The molecule has 0 heterocycles. The molecule has 0 aliphatic rings. The van der Waals surface area contributed by atoms with E-state index in [0.717, 1.165) is 16.9 Å². The second-order valence-electron chi connectivity index (χ2n) is 4.40. The van der Waals surface area contributed by atoms with Crippen molar-refractivity contribution in [3.05, 3.63) is 70.8 Å². The highest BCUT2D eigenvalue weighted by Gasteiger charge is 1.94. The van der Waals surface area contributed by atoms with Gasteiger partial charge in [0, 0.05) is 11.1 Å². The van der Waals surface area contributed by atoms with Crippen LogP contribution in [0.2, 0.25) is 5.02 Å². The first-order valence-corrected chi connectivity index (χ1v) is 6.96. The molecule has 0 aromatic heterocycles. The normalized spacial score (nSPS) is 11.0. The van der Waals surface area contributed by atoms with Gasteiger partial charge in [-0.25, -0.2) is 5.43 Å². The molecule has 0 saturated heterocycles. The standard InChI is InChI=1S/C17H15ClN2O2/c1-22-16-4-2-3-14(11-16)12-19-20-17(21)10-7-13-5-8-15(18)9-6-13/h2-12H,1H3,(H,20,21)/b10-7+,19-12-. The maximum Gasteiger partial charge on any atom is 0.264 e. The van der Waals surface area contributed by atoms with Crippen LogP contribution in [0.4, 0.5) is 0 Å². The van der Waals surface area contributed by atoms with Gasteiger partial charge in [-0.15, -0.1) is 0 Å². The van der Waals surface area contributed by atoms with Crippen molar-refractivity contribution in [2.45, 2.75) is 0 Å². The van der Waals surface area contributed by atoms with E-state index in [2.05, 4.69) is 10.5 Å². The first kappa shape index (κ1) is 15.8. The van der Waals surface area contributed by atoms with E-state index in [9.17, 15) is 4.79 Å². The molecule has 1 amide bonds. The lowest BCUT2D eigenvalue weighted by Crippen LogP contribution is -2.14. The third-order valence-electron chi connectivity index (χ3n) is 2.78. The summed E-state index contributed by atoms with van der Waals surface area (Å²) in [7, 11) is 1.60. The molecule has 22 heavy (non-hydrogen) atoms. The van der Waals surface area contributed by atoms with Crippen LogP contribution in [-0.2, 0) is 4.79 Å². The van der Waals surface area contributed by atoms with Crippen LogP contribution in [0, 0.1) is 0 Å². The molecule has 0 fully saturated rings. The quantitative estimate of drug-likeness (QED) is 0.521. The predicted octanol–water partition coefficient (Wildman–Crippen LogP) is 3.51. The van der Waals surface area contributed by atoms with E-state index in [1.54, 1.807) is 31.5 Å². The van der Waals surface area contributed by atoms with Crippen LogP contribution >= 0.6 is 11.6 Å². The van der Waals surface area contributed by atoms with E-state index in [4.69, 9.17) is 16.3 Å². The number of benzene rings is 2. The Balaban J connectivity index is 1.89. The van der Waals surface area contributed by atoms with Crippen molar-refractivity contribution < 1.29 is 9.53 Å². The van der Waals surface area contributed by atoms with E-state index in [-0.39, 0.29) is 5.91 Å². The van der Waals surface area contributed by atoms with Gasteiger partial charge in [-0.1, -0.05) is 35.9 Å². The molecule has 2 aromatic carbocycles. The number of nitrogens with one attached hydrogen (secondary N) is 1. The number of hydrazone groups is 1. The van der Waals surface area contributed by atoms with Crippen LogP contribution in [0.25, 0.3) is 6.08 Å². The third kappa shape index (κ3) is 5.07. The summed E-state index contributed by atoms with van der Waals surface area (Å²) < 4.78 is 5.11. The van der Waals surface area contributed by atoms with Crippen LogP contribution in [-0.4, -0.2) is 19.2 Å². The van der Waals surface area contributed by atoms with Crippen molar-refractivity contribution in [2.24, 2.45) is 5.10 Å². The topological polar surface area (TPSA) is 50.7 Å². The van der Waals surface area contributed by atoms with Crippen molar-refractivity contribution in [3.63, 3.8) is 0 Å². The minimum atomic E-state index is -0.311. The van der Waals surface area contributed by atoms with Crippen LogP contribution in [0.3, 0.4) is 0 Å². The van der Waals surface area contributed by atoms with Gasteiger partial charge in [-0.2, -0.15) is 5.10 Å². The van der Waals surface area contributed by atoms with E-state index < -0.39 is 0 Å². The van der Waals surface area contributed by atoms with Crippen LogP contribution in [0.1, 0.15) is 11.1 Å². The fourth-order valence-electron chi connectivity index (χ4n) is 1.68. The van der Waals surface area contributed by atoms with Crippen molar-refractivity contribution in [1.29, 1.82) is 0 Å². The number of hydrogen-bond donors (Lipinski definition) is 1. The Labute approximate surface area is 134 Å². The van der Waals surface area contributed by atoms with Crippen LogP contribution in [0.15, 0.2) is 59.7 Å². The zero-order valence-corrected chi connectivity index (χ0v) is 12.7. The van der Waals surface area contributed by atoms with Gasteiger partial charge in [0.1, 0.15) is 5.75 Å². The number of hydrogen-bond acceptors (Lipinski definition) is 3. The van der Waals surface area contributed by atoms with Crippen molar-refractivity contribution in [1.82, 2.24) is 5.43 Å². The van der Waals surface area contributed by atoms with Gasteiger partial charge in [0.15, 0.2) is 0 Å². The molecule has 1 N–H and O–H groups in total. The number of halogens is 1. The summed E-state index contributed by atoms with van der Waals surface area (Å²) in [4.78, 5) is 11.6. The maximum atomic E-state index is 11.6. The summed E-state index contributed by atoms with van der Waals surface area (Å²) in [5.41, 5.74) is 4.15. The fourth-order valence-corrected chi connectivity index (χ4v) is 1.80. The van der Waals surface area contributed by atoms with Gasteiger partial charge < -0.3 is 4.74 Å². The molecule has 5 heteroatoms. The minimum absolute atomic E-state index is 0.311. The fraction of sp³-hybridized carbons (Fsp3) is 0.0588. The molecule has 0 aliphatic carbocycles. The lowest BCUT2D eigenvalue weighted by molar-refractivity contribution is -0.116. The monoisotopic (exact) mass is 314 g/mol. The minimum Gasteiger partial charge on any atom is -0.497 e. The Hall–Kier alpha value is -2.59. The van der Waals surface area contributed by atoms with E-state index in [1.807, 2.05) is 36.4 Å². The lowest BCUT2D eigenvalue weighted by atomic mass is 10.2. The molecule has 4 nitrogen and oxygen atoms in total. The molecule has 0 spiro atoms.